The molecule has 0 radical (unpaired) electrons. The molecule has 0 amide bonds. The van der Waals surface area contributed by atoms with Crippen LogP contribution in [0.2, 0.25) is 0 Å². The Morgan fingerprint density at radius 2 is 1.90 bits per heavy atom. The van der Waals surface area contributed by atoms with Crippen molar-refractivity contribution in [2.75, 3.05) is 0 Å². The summed E-state index contributed by atoms with van der Waals surface area (Å²) in [6.07, 6.45) is 4.29. The van der Waals surface area contributed by atoms with Crippen LogP contribution in [0.3, 0.4) is 0 Å². The molecule has 0 N–H and O–H groups in total. The van der Waals surface area contributed by atoms with Crippen LogP contribution in [0.1, 0.15) is 39.0 Å². The molecule has 0 aromatic carbocycles. The van der Waals surface area contributed by atoms with Gasteiger partial charge in [0.2, 0.25) is 0 Å². The van der Waals surface area contributed by atoms with E-state index in [4.69, 9.17) is 0 Å². The third-order valence-corrected chi connectivity index (χ3v) is 1.23. The normalized spacial score (nSPS) is 8.50. The van der Waals surface area contributed by atoms with Crippen molar-refractivity contribution in [3.8, 4) is 0 Å². The summed E-state index contributed by atoms with van der Waals surface area (Å²) in [7, 11) is 0. The number of hydrogen-bond acceptors (Lipinski definition) is 2. The van der Waals surface area contributed by atoms with Crippen molar-refractivity contribution in [1.82, 2.24) is 0 Å². The van der Waals surface area contributed by atoms with E-state index in [9.17, 15) is 9.90 Å². The van der Waals surface area contributed by atoms with Gasteiger partial charge in [-0.3, -0.25) is 0 Å². The number of carbonyl (C=O) groups is 1. The number of aliphatic carboxylic acids is 1. The van der Waals surface area contributed by atoms with Gasteiger partial charge in [0.05, 0.1) is 0 Å². The maximum Gasteiger partial charge on any atom is 2.00 e. The quantitative estimate of drug-likeness (QED) is 0.478. The molecule has 3 heteroatoms. The van der Waals surface area contributed by atoms with Crippen LogP contribution in [-0.4, -0.2) is 5.97 Å². The van der Waals surface area contributed by atoms with Gasteiger partial charge in [0.1, 0.15) is 0 Å². The van der Waals surface area contributed by atoms with Gasteiger partial charge in [0.15, 0.2) is 0 Å². The van der Waals surface area contributed by atoms with Crippen LogP contribution in [0.15, 0.2) is 0 Å². The SMILES string of the molecule is CCCCCCC(=O)[O-].[Zn+2]. The molecule has 0 fully saturated rings. The molecular formula is C7H13O2Zn+. The van der Waals surface area contributed by atoms with E-state index in [2.05, 4.69) is 6.92 Å². The van der Waals surface area contributed by atoms with E-state index in [0.717, 1.165) is 25.7 Å². The largest absolute Gasteiger partial charge is 2.00 e. The first-order chi connectivity index (χ1) is 4.27. The average molecular weight is 195 g/mol. The molecule has 0 aromatic heterocycles. The van der Waals surface area contributed by atoms with Gasteiger partial charge in [0, 0.05) is 5.97 Å². The summed E-state index contributed by atoms with van der Waals surface area (Å²) in [5.74, 6) is -0.925. The second-order valence-corrected chi connectivity index (χ2v) is 2.18. The van der Waals surface area contributed by atoms with Crippen molar-refractivity contribution in [3.63, 3.8) is 0 Å². The number of carbonyl (C=O) groups excluding carboxylic acids is 1. The molecule has 54 valence electrons. The zero-order chi connectivity index (χ0) is 7.11. The van der Waals surface area contributed by atoms with Gasteiger partial charge in [0.25, 0.3) is 0 Å². The number of carboxylic acid groups (broad SMARTS) is 1. The summed E-state index contributed by atoms with van der Waals surface area (Å²) in [6.45, 7) is 2.10. The van der Waals surface area contributed by atoms with E-state index < -0.39 is 5.97 Å². The van der Waals surface area contributed by atoms with Crippen molar-refractivity contribution in [2.24, 2.45) is 0 Å². The predicted octanol–water partition coefficient (Wildman–Crippen LogP) is 0.704. The van der Waals surface area contributed by atoms with Gasteiger partial charge in [-0.05, 0) is 12.8 Å². The number of hydrogen-bond donors (Lipinski definition) is 0. The van der Waals surface area contributed by atoms with Crippen LogP contribution in [0.4, 0.5) is 0 Å². The van der Waals surface area contributed by atoms with Crippen LogP contribution in [0.5, 0.6) is 0 Å². The second-order valence-electron chi connectivity index (χ2n) is 2.18. The van der Waals surface area contributed by atoms with Gasteiger partial charge in [-0.15, -0.1) is 0 Å². The van der Waals surface area contributed by atoms with Gasteiger partial charge >= 0.3 is 19.5 Å². The van der Waals surface area contributed by atoms with Crippen LogP contribution < -0.4 is 5.11 Å². The summed E-state index contributed by atoms with van der Waals surface area (Å²) >= 11 is 0. The summed E-state index contributed by atoms with van der Waals surface area (Å²) in [6, 6.07) is 0. The fourth-order valence-electron chi connectivity index (χ4n) is 0.696. The third-order valence-electron chi connectivity index (χ3n) is 1.23. The van der Waals surface area contributed by atoms with Crippen LogP contribution in [0, 0.1) is 0 Å². The molecule has 0 unspecified atom stereocenters. The van der Waals surface area contributed by atoms with Crippen molar-refractivity contribution in [2.45, 2.75) is 39.0 Å². The first kappa shape index (κ1) is 12.7. The van der Waals surface area contributed by atoms with E-state index in [-0.39, 0.29) is 25.9 Å². The number of carboxylic acids is 1. The Balaban J connectivity index is 0. The fraction of sp³-hybridized carbons (Fsp3) is 0.857. The van der Waals surface area contributed by atoms with Crippen molar-refractivity contribution >= 4 is 5.97 Å². The number of rotatable bonds is 5. The zero-order valence-electron chi connectivity index (χ0n) is 6.56. The minimum atomic E-state index is -0.925. The molecule has 2 nitrogen and oxygen atoms in total. The second kappa shape index (κ2) is 9.09. The standard InChI is InChI=1S/C7H14O2.Zn/c1-2-3-4-5-6-7(8)9;/h2-6H2,1H3,(H,8,9);/q;+2/p-1. The maximum absolute atomic E-state index is 9.85. The van der Waals surface area contributed by atoms with E-state index in [1.807, 2.05) is 0 Å². The molecule has 0 aliphatic heterocycles. The summed E-state index contributed by atoms with van der Waals surface area (Å²) in [5, 5.41) is 9.85. The monoisotopic (exact) mass is 193 g/mol. The molecule has 0 heterocycles. The molecule has 0 rings (SSSR count). The molecule has 0 aliphatic rings. The fourth-order valence-corrected chi connectivity index (χ4v) is 0.696. The van der Waals surface area contributed by atoms with Crippen LogP contribution in [0.25, 0.3) is 0 Å². The van der Waals surface area contributed by atoms with Gasteiger partial charge in [-0.25, -0.2) is 0 Å². The van der Waals surface area contributed by atoms with Crippen LogP contribution >= 0.6 is 0 Å². The molecular weight excluding hydrogens is 181 g/mol. The summed E-state index contributed by atoms with van der Waals surface area (Å²) in [4.78, 5) is 9.85. The summed E-state index contributed by atoms with van der Waals surface area (Å²) < 4.78 is 0. The van der Waals surface area contributed by atoms with Crippen molar-refractivity contribution in [1.29, 1.82) is 0 Å². The minimum Gasteiger partial charge on any atom is -0.550 e. The molecule has 0 aromatic rings. The third kappa shape index (κ3) is 11.0. The average Bonchev–Trinajstić information content (AvgIpc) is 1.80. The number of unbranched alkanes of at least 4 members (excludes halogenated alkanes) is 3. The van der Waals surface area contributed by atoms with Gasteiger partial charge < -0.3 is 9.90 Å². The van der Waals surface area contributed by atoms with Crippen LogP contribution in [-0.2, 0) is 24.3 Å². The molecule has 0 atom stereocenters. The minimum absolute atomic E-state index is 0. The van der Waals surface area contributed by atoms with E-state index >= 15 is 0 Å². The molecule has 10 heavy (non-hydrogen) atoms. The Hall–Kier alpha value is 0.0934. The topological polar surface area (TPSA) is 40.1 Å². The Morgan fingerprint density at radius 3 is 2.30 bits per heavy atom. The first-order valence-corrected chi connectivity index (χ1v) is 3.47. The smallest absolute Gasteiger partial charge is 0.550 e. The van der Waals surface area contributed by atoms with Crippen molar-refractivity contribution < 1.29 is 29.4 Å². The molecule has 0 aliphatic carbocycles. The first-order valence-electron chi connectivity index (χ1n) is 3.47. The van der Waals surface area contributed by atoms with Gasteiger partial charge in [-0.2, -0.15) is 0 Å². The van der Waals surface area contributed by atoms with Gasteiger partial charge in [-0.1, -0.05) is 26.2 Å². The van der Waals surface area contributed by atoms with Crippen molar-refractivity contribution in [3.05, 3.63) is 0 Å². The molecule has 0 saturated carbocycles. The Labute approximate surface area is 74.8 Å². The summed E-state index contributed by atoms with van der Waals surface area (Å²) in [5.41, 5.74) is 0. The molecule has 0 spiro atoms. The Bertz CT molecular complexity index is 83.7. The van der Waals surface area contributed by atoms with E-state index in [1.54, 1.807) is 0 Å². The Morgan fingerprint density at radius 1 is 1.30 bits per heavy atom. The maximum atomic E-state index is 9.85. The Kier molecular flexibility index (Phi) is 11.6. The zero-order valence-corrected chi connectivity index (χ0v) is 9.53. The molecule has 0 bridgehead atoms. The van der Waals surface area contributed by atoms with E-state index in [1.165, 1.54) is 0 Å². The molecule has 0 saturated heterocycles. The predicted molar refractivity (Wildman–Crippen MR) is 33.8 cm³/mol. The van der Waals surface area contributed by atoms with E-state index in [0.29, 0.717) is 0 Å².